The average molecular weight is 189 g/mol. The second kappa shape index (κ2) is 4.62. The molecule has 1 N–H and O–H groups in total. The molecular weight excluding hydrogens is 180 g/mol. The van der Waals surface area contributed by atoms with Crippen LogP contribution >= 0.6 is 12.4 Å². The van der Waals surface area contributed by atoms with Crippen molar-refractivity contribution in [1.82, 2.24) is 0 Å². The average Bonchev–Trinajstić information content (AvgIpc) is 2.05. The van der Waals surface area contributed by atoms with Gasteiger partial charge in [-0.15, -0.1) is 12.4 Å². The minimum Gasteiger partial charge on any atom is -0.508 e. The number of halogens is 1. The molecule has 0 aromatic heterocycles. The number of carbonyl (C=O) groups is 1. The molecule has 0 aliphatic carbocycles. The molecule has 12 heavy (non-hydrogen) atoms. The molecule has 0 unspecified atom stereocenters. The Kier molecular flexibility index (Phi) is 4.15. The summed E-state index contributed by atoms with van der Waals surface area (Å²) in [5.41, 5.74) is 0.435. The maximum Gasteiger partial charge on any atom is 0.337 e. The van der Waals surface area contributed by atoms with E-state index in [1.165, 1.54) is 31.4 Å². The molecule has 0 spiro atoms. The number of esters is 1. The van der Waals surface area contributed by atoms with Gasteiger partial charge in [-0.2, -0.15) is 0 Å². The zero-order valence-electron chi connectivity index (χ0n) is 6.48. The van der Waals surface area contributed by atoms with E-state index in [4.69, 9.17) is 5.11 Å². The predicted octanol–water partition coefficient (Wildman–Crippen LogP) is 1.60. The molecule has 1 rings (SSSR count). The van der Waals surface area contributed by atoms with Gasteiger partial charge in [0, 0.05) is 0 Å². The number of ether oxygens (including phenoxy) is 1. The molecule has 0 heterocycles. The van der Waals surface area contributed by atoms with E-state index in [2.05, 4.69) is 4.74 Å². The normalized spacial score (nSPS) is 8.42. The number of methoxy groups -OCH3 is 1. The first-order chi connectivity index (χ1) is 5.24. The molecule has 0 aliphatic heterocycles. The minimum atomic E-state index is -0.398. The summed E-state index contributed by atoms with van der Waals surface area (Å²) in [4.78, 5) is 10.8. The zero-order valence-corrected chi connectivity index (χ0v) is 7.30. The van der Waals surface area contributed by atoms with E-state index in [9.17, 15) is 4.79 Å². The summed E-state index contributed by atoms with van der Waals surface area (Å²) in [7, 11) is 1.31. The number of aromatic hydroxyl groups is 1. The maximum atomic E-state index is 10.8. The van der Waals surface area contributed by atoms with Crippen LogP contribution in [0.15, 0.2) is 24.3 Å². The third-order valence-corrected chi connectivity index (χ3v) is 1.29. The standard InChI is InChI=1S/C8H8O3.ClH/c1-11-8(10)6-2-4-7(9)5-3-6;/h2-5,9H,1H3;1H. The van der Waals surface area contributed by atoms with E-state index in [1.807, 2.05) is 0 Å². The van der Waals surface area contributed by atoms with Gasteiger partial charge in [-0.3, -0.25) is 0 Å². The largest absolute Gasteiger partial charge is 0.508 e. The van der Waals surface area contributed by atoms with Gasteiger partial charge in [0.1, 0.15) is 5.75 Å². The predicted molar refractivity (Wildman–Crippen MR) is 46.7 cm³/mol. The highest BCUT2D eigenvalue weighted by Gasteiger charge is 2.02. The third-order valence-electron chi connectivity index (χ3n) is 1.29. The Bertz CT molecular complexity index is 256. The van der Waals surface area contributed by atoms with E-state index >= 15 is 0 Å². The van der Waals surface area contributed by atoms with Crippen molar-refractivity contribution in [3.8, 4) is 5.75 Å². The van der Waals surface area contributed by atoms with E-state index in [1.54, 1.807) is 0 Å². The van der Waals surface area contributed by atoms with Crippen molar-refractivity contribution in [2.24, 2.45) is 0 Å². The fraction of sp³-hybridized carbons (Fsp3) is 0.125. The highest BCUT2D eigenvalue weighted by atomic mass is 35.5. The molecule has 1 aromatic rings. The molecule has 0 saturated carbocycles. The van der Waals surface area contributed by atoms with Gasteiger partial charge < -0.3 is 9.84 Å². The van der Waals surface area contributed by atoms with Crippen LogP contribution in [0.3, 0.4) is 0 Å². The van der Waals surface area contributed by atoms with Crippen LogP contribution in [0, 0.1) is 0 Å². The Morgan fingerprint density at radius 1 is 1.33 bits per heavy atom. The SMILES string of the molecule is COC(=O)c1ccc(O)cc1.Cl. The van der Waals surface area contributed by atoms with Crippen molar-refractivity contribution in [2.45, 2.75) is 0 Å². The Labute approximate surface area is 76.4 Å². The maximum absolute atomic E-state index is 10.8. The summed E-state index contributed by atoms with van der Waals surface area (Å²) < 4.78 is 4.46. The lowest BCUT2D eigenvalue weighted by molar-refractivity contribution is 0.0601. The van der Waals surface area contributed by atoms with Crippen LogP contribution in [0.2, 0.25) is 0 Å². The first-order valence-electron chi connectivity index (χ1n) is 3.11. The first kappa shape index (κ1) is 10.8. The number of hydrogen-bond donors (Lipinski definition) is 1. The summed E-state index contributed by atoms with van der Waals surface area (Å²) in [5, 5.41) is 8.86. The van der Waals surface area contributed by atoms with Crippen molar-refractivity contribution in [1.29, 1.82) is 0 Å². The number of benzene rings is 1. The third kappa shape index (κ3) is 2.43. The summed E-state index contributed by atoms with van der Waals surface area (Å²) >= 11 is 0. The van der Waals surface area contributed by atoms with Crippen molar-refractivity contribution in [2.75, 3.05) is 7.11 Å². The molecule has 4 heteroatoms. The van der Waals surface area contributed by atoms with Crippen LogP contribution in [-0.2, 0) is 4.74 Å². The summed E-state index contributed by atoms with van der Waals surface area (Å²) in [6.45, 7) is 0. The number of phenolic OH excluding ortho intramolecular Hbond substituents is 1. The zero-order chi connectivity index (χ0) is 8.27. The van der Waals surface area contributed by atoms with Crippen molar-refractivity contribution < 1.29 is 14.6 Å². The molecule has 0 atom stereocenters. The van der Waals surface area contributed by atoms with Gasteiger partial charge in [0.15, 0.2) is 0 Å². The van der Waals surface area contributed by atoms with Crippen LogP contribution in [0.25, 0.3) is 0 Å². The fourth-order valence-corrected chi connectivity index (χ4v) is 0.715. The summed E-state index contributed by atoms with van der Waals surface area (Å²) in [5.74, 6) is -0.261. The van der Waals surface area contributed by atoms with Crippen LogP contribution in [-0.4, -0.2) is 18.2 Å². The number of phenols is 1. The van der Waals surface area contributed by atoms with Gasteiger partial charge in [0.05, 0.1) is 12.7 Å². The molecule has 0 amide bonds. The quantitative estimate of drug-likeness (QED) is 0.681. The molecule has 0 saturated heterocycles. The Morgan fingerprint density at radius 2 is 1.83 bits per heavy atom. The highest BCUT2D eigenvalue weighted by Crippen LogP contribution is 2.09. The minimum absolute atomic E-state index is 0. The lowest BCUT2D eigenvalue weighted by atomic mass is 10.2. The number of hydrogen-bond acceptors (Lipinski definition) is 3. The molecule has 66 valence electrons. The van der Waals surface area contributed by atoms with Gasteiger partial charge >= 0.3 is 5.97 Å². The van der Waals surface area contributed by atoms with E-state index < -0.39 is 5.97 Å². The van der Waals surface area contributed by atoms with Gasteiger partial charge in [-0.1, -0.05) is 0 Å². The highest BCUT2D eigenvalue weighted by molar-refractivity contribution is 5.89. The van der Waals surface area contributed by atoms with Crippen molar-refractivity contribution >= 4 is 18.4 Å². The molecule has 3 nitrogen and oxygen atoms in total. The van der Waals surface area contributed by atoms with Crippen LogP contribution in [0.5, 0.6) is 5.75 Å². The topological polar surface area (TPSA) is 46.5 Å². The molecule has 0 fully saturated rings. The fourth-order valence-electron chi connectivity index (χ4n) is 0.715. The van der Waals surface area contributed by atoms with Crippen LogP contribution in [0.1, 0.15) is 10.4 Å². The second-order valence-electron chi connectivity index (χ2n) is 2.04. The molecule has 1 aromatic carbocycles. The van der Waals surface area contributed by atoms with Gasteiger partial charge in [-0.25, -0.2) is 4.79 Å². The molecule has 0 radical (unpaired) electrons. The smallest absolute Gasteiger partial charge is 0.337 e. The van der Waals surface area contributed by atoms with Gasteiger partial charge in [-0.05, 0) is 24.3 Å². The molecule has 0 aliphatic rings. The molecular formula is C8H9ClO3. The lowest BCUT2D eigenvalue weighted by Gasteiger charge is -1.97. The monoisotopic (exact) mass is 188 g/mol. The van der Waals surface area contributed by atoms with Crippen molar-refractivity contribution in [3.63, 3.8) is 0 Å². The Balaban J connectivity index is 0.00000121. The van der Waals surface area contributed by atoms with Crippen molar-refractivity contribution in [3.05, 3.63) is 29.8 Å². The summed E-state index contributed by atoms with van der Waals surface area (Å²) in [6, 6.07) is 5.88. The van der Waals surface area contributed by atoms with Gasteiger partial charge in [0.25, 0.3) is 0 Å². The van der Waals surface area contributed by atoms with Gasteiger partial charge in [0.2, 0.25) is 0 Å². The van der Waals surface area contributed by atoms with E-state index in [-0.39, 0.29) is 18.2 Å². The summed E-state index contributed by atoms with van der Waals surface area (Å²) in [6.07, 6.45) is 0. The number of rotatable bonds is 1. The Morgan fingerprint density at radius 3 is 2.25 bits per heavy atom. The second-order valence-corrected chi connectivity index (χ2v) is 2.04. The van der Waals surface area contributed by atoms with E-state index in [0.29, 0.717) is 5.56 Å². The van der Waals surface area contributed by atoms with Crippen LogP contribution < -0.4 is 0 Å². The van der Waals surface area contributed by atoms with Crippen LogP contribution in [0.4, 0.5) is 0 Å². The molecule has 0 bridgehead atoms. The first-order valence-corrected chi connectivity index (χ1v) is 3.11. The number of carbonyl (C=O) groups excluding carboxylic acids is 1. The van der Waals surface area contributed by atoms with E-state index in [0.717, 1.165) is 0 Å². The Hall–Kier alpha value is -1.22. The lowest BCUT2D eigenvalue weighted by Crippen LogP contribution is -1.99.